The number of anilines is 1. The smallest absolute Gasteiger partial charge is 0.293 e. The van der Waals surface area contributed by atoms with Crippen molar-refractivity contribution in [2.75, 3.05) is 11.9 Å². The Morgan fingerprint density at radius 1 is 1.50 bits per heavy atom. The van der Waals surface area contributed by atoms with E-state index >= 15 is 0 Å². The zero-order valence-corrected chi connectivity index (χ0v) is 12.6. The Hall–Kier alpha value is -1.66. The van der Waals surface area contributed by atoms with Crippen LogP contribution >= 0.6 is 11.3 Å². The van der Waals surface area contributed by atoms with Crippen molar-refractivity contribution in [3.63, 3.8) is 0 Å². The molecule has 2 rings (SSSR count). The van der Waals surface area contributed by atoms with E-state index in [1.807, 2.05) is 37.6 Å². The third-order valence-corrected chi connectivity index (χ3v) is 3.66. The van der Waals surface area contributed by atoms with Crippen molar-refractivity contribution in [1.29, 1.82) is 0 Å². The minimum atomic E-state index is -0.647. The zero-order valence-electron chi connectivity index (χ0n) is 11.8. The van der Waals surface area contributed by atoms with Crippen LogP contribution in [0.2, 0.25) is 0 Å². The molecule has 2 aromatic rings. The Bertz CT molecular complexity index is 614. The molecule has 6 heteroatoms. The fourth-order valence-corrected chi connectivity index (χ4v) is 2.54. The Kier molecular flexibility index (Phi) is 4.25. The molecule has 0 saturated heterocycles. The third kappa shape index (κ3) is 3.26. The number of nitrogens with one attached hydrogen (secondary N) is 1. The second-order valence-electron chi connectivity index (χ2n) is 5.58. The molecule has 0 radical (unpaired) electrons. The first-order valence-electron chi connectivity index (χ1n) is 6.42. The van der Waals surface area contributed by atoms with Gasteiger partial charge >= 0.3 is 0 Å². The molecule has 1 unspecified atom stereocenters. The summed E-state index contributed by atoms with van der Waals surface area (Å²) in [6.45, 7) is 6.13. The molecule has 2 N–H and O–H groups in total. The summed E-state index contributed by atoms with van der Waals surface area (Å²) >= 11 is 1.53. The van der Waals surface area contributed by atoms with Gasteiger partial charge in [-0.05, 0) is 43.2 Å². The first-order chi connectivity index (χ1) is 9.39. The van der Waals surface area contributed by atoms with E-state index in [1.165, 1.54) is 11.3 Å². The lowest BCUT2D eigenvalue weighted by Crippen LogP contribution is -2.35. The summed E-state index contributed by atoms with van der Waals surface area (Å²) in [7, 11) is 0. The lowest BCUT2D eigenvalue weighted by atomic mass is 10.1. The van der Waals surface area contributed by atoms with E-state index in [2.05, 4.69) is 10.3 Å². The van der Waals surface area contributed by atoms with E-state index in [-0.39, 0.29) is 23.5 Å². The number of thiophene rings is 1. The van der Waals surface area contributed by atoms with Crippen LogP contribution in [0.1, 0.15) is 32.4 Å². The van der Waals surface area contributed by atoms with Crippen LogP contribution in [0.4, 0.5) is 5.82 Å². The number of hydrogen-bond acceptors (Lipinski definition) is 5. The maximum atomic E-state index is 12.3. The van der Waals surface area contributed by atoms with Crippen LogP contribution in [0.25, 0.3) is 0 Å². The van der Waals surface area contributed by atoms with Crippen molar-refractivity contribution in [3.8, 4) is 0 Å². The van der Waals surface area contributed by atoms with E-state index in [0.717, 1.165) is 5.56 Å². The van der Waals surface area contributed by atoms with Crippen LogP contribution in [0.3, 0.4) is 0 Å². The molecule has 0 aliphatic carbocycles. The summed E-state index contributed by atoms with van der Waals surface area (Å²) in [5, 5.41) is 16.7. The maximum absolute atomic E-state index is 12.3. The highest BCUT2D eigenvalue weighted by Crippen LogP contribution is 2.16. The molecule has 2 aromatic heterocycles. The topological polar surface area (TPSA) is 67.2 Å². The van der Waals surface area contributed by atoms with Crippen molar-refractivity contribution < 1.29 is 5.11 Å². The van der Waals surface area contributed by atoms with Crippen molar-refractivity contribution in [3.05, 3.63) is 45.1 Å². The molecule has 0 bridgehead atoms. The standard InChI is InChI=1S/C14H19N3O2S/c1-14(2,3)17-6-5-15-12(13(17)19)16-8-11(18)10-4-7-20-9-10/h4-7,9,11,18H,8H2,1-3H3,(H,15,16). The molecule has 20 heavy (non-hydrogen) atoms. The Balaban J connectivity index is 2.13. The predicted octanol–water partition coefficient (Wildman–Crippen LogP) is 2.21. The van der Waals surface area contributed by atoms with Gasteiger partial charge in [-0.1, -0.05) is 0 Å². The number of aromatic nitrogens is 2. The Labute approximate surface area is 121 Å². The van der Waals surface area contributed by atoms with Crippen LogP contribution < -0.4 is 10.9 Å². The van der Waals surface area contributed by atoms with E-state index in [4.69, 9.17) is 0 Å². The number of aliphatic hydroxyl groups excluding tert-OH is 1. The van der Waals surface area contributed by atoms with Gasteiger partial charge in [-0.15, -0.1) is 0 Å². The van der Waals surface area contributed by atoms with Gasteiger partial charge in [-0.25, -0.2) is 4.98 Å². The summed E-state index contributed by atoms with van der Waals surface area (Å²) in [4.78, 5) is 16.3. The van der Waals surface area contributed by atoms with Crippen LogP contribution in [-0.4, -0.2) is 21.2 Å². The summed E-state index contributed by atoms with van der Waals surface area (Å²) in [5.41, 5.74) is 0.356. The monoisotopic (exact) mass is 293 g/mol. The third-order valence-electron chi connectivity index (χ3n) is 2.95. The molecule has 1 atom stereocenters. The first kappa shape index (κ1) is 14.7. The van der Waals surface area contributed by atoms with Crippen molar-refractivity contribution in [2.45, 2.75) is 32.4 Å². The summed E-state index contributed by atoms with van der Waals surface area (Å²) in [6, 6.07) is 1.86. The lowest BCUT2D eigenvalue weighted by Gasteiger charge is -2.22. The minimum absolute atomic E-state index is 0.183. The number of nitrogens with zero attached hydrogens (tertiary/aromatic N) is 2. The zero-order chi connectivity index (χ0) is 14.8. The first-order valence-corrected chi connectivity index (χ1v) is 7.36. The van der Waals surface area contributed by atoms with Crippen LogP contribution in [0.15, 0.2) is 34.0 Å². The SMILES string of the molecule is CC(C)(C)n1ccnc(NCC(O)c2ccsc2)c1=O. The highest BCUT2D eigenvalue weighted by molar-refractivity contribution is 7.07. The largest absolute Gasteiger partial charge is 0.387 e. The summed E-state index contributed by atoms with van der Waals surface area (Å²) in [5.74, 6) is 0.261. The second kappa shape index (κ2) is 5.76. The van der Waals surface area contributed by atoms with Gasteiger partial charge in [-0.2, -0.15) is 11.3 Å². The van der Waals surface area contributed by atoms with Gasteiger partial charge < -0.3 is 15.0 Å². The average molecular weight is 293 g/mol. The van der Waals surface area contributed by atoms with Gasteiger partial charge in [0.05, 0.1) is 6.10 Å². The molecular formula is C14H19N3O2S. The van der Waals surface area contributed by atoms with Crippen LogP contribution in [-0.2, 0) is 5.54 Å². The quantitative estimate of drug-likeness (QED) is 0.907. The molecule has 0 saturated carbocycles. The minimum Gasteiger partial charge on any atom is -0.387 e. The van der Waals surface area contributed by atoms with Crippen LogP contribution in [0, 0.1) is 0 Å². The highest BCUT2D eigenvalue weighted by Gasteiger charge is 2.17. The molecule has 0 fully saturated rings. The Morgan fingerprint density at radius 2 is 2.25 bits per heavy atom. The molecule has 0 aromatic carbocycles. The van der Waals surface area contributed by atoms with Crippen molar-refractivity contribution in [1.82, 2.24) is 9.55 Å². The lowest BCUT2D eigenvalue weighted by molar-refractivity contribution is 0.192. The molecular weight excluding hydrogens is 274 g/mol. The van der Waals surface area contributed by atoms with Gasteiger partial charge in [-0.3, -0.25) is 4.79 Å². The van der Waals surface area contributed by atoms with E-state index in [9.17, 15) is 9.90 Å². The predicted molar refractivity (Wildman–Crippen MR) is 81.3 cm³/mol. The number of rotatable bonds is 4. The fourth-order valence-electron chi connectivity index (χ4n) is 1.84. The molecule has 0 aliphatic rings. The number of hydrogen-bond donors (Lipinski definition) is 2. The van der Waals surface area contributed by atoms with Gasteiger partial charge in [0, 0.05) is 24.5 Å². The Morgan fingerprint density at radius 3 is 2.85 bits per heavy atom. The van der Waals surface area contributed by atoms with Gasteiger partial charge in [0.1, 0.15) is 0 Å². The average Bonchev–Trinajstić information content (AvgIpc) is 2.89. The van der Waals surface area contributed by atoms with Crippen molar-refractivity contribution in [2.24, 2.45) is 0 Å². The molecule has 0 amide bonds. The molecule has 5 nitrogen and oxygen atoms in total. The van der Waals surface area contributed by atoms with Gasteiger partial charge in [0.15, 0.2) is 5.82 Å². The van der Waals surface area contributed by atoms with E-state index < -0.39 is 6.10 Å². The van der Waals surface area contributed by atoms with E-state index in [1.54, 1.807) is 17.0 Å². The number of aliphatic hydroxyl groups is 1. The summed E-state index contributed by atoms with van der Waals surface area (Å²) < 4.78 is 1.62. The maximum Gasteiger partial charge on any atom is 0.293 e. The summed E-state index contributed by atoms with van der Waals surface area (Å²) in [6.07, 6.45) is 2.61. The molecule has 2 heterocycles. The van der Waals surface area contributed by atoms with Crippen LogP contribution in [0.5, 0.6) is 0 Å². The van der Waals surface area contributed by atoms with Gasteiger partial charge in [0.25, 0.3) is 5.56 Å². The molecule has 0 spiro atoms. The second-order valence-corrected chi connectivity index (χ2v) is 6.36. The fraction of sp³-hybridized carbons (Fsp3) is 0.429. The van der Waals surface area contributed by atoms with E-state index in [0.29, 0.717) is 0 Å². The molecule has 108 valence electrons. The van der Waals surface area contributed by atoms with Gasteiger partial charge in [0.2, 0.25) is 0 Å². The normalized spacial score (nSPS) is 13.2. The molecule has 0 aliphatic heterocycles. The highest BCUT2D eigenvalue weighted by atomic mass is 32.1. The van der Waals surface area contributed by atoms with Crippen molar-refractivity contribution >= 4 is 17.2 Å².